The molecule has 1 N–H and O–H groups in total. The van der Waals surface area contributed by atoms with Gasteiger partial charge in [0.15, 0.2) is 0 Å². The van der Waals surface area contributed by atoms with Crippen LogP contribution in [0.15, 0.2) is 24.3 Å². The maximum absolute atomic E-state index is 12.5. The number of likely N-dealkylation sites (tertiary alicyclic amines) is 1. The predicted octanol–water partition coefficient (Wildman–Crippen LogP) is 2.62. The molecule has 2 fully saturated rings. The van der Waals surface area contributed by atoms with Crippen LogP contribution in [0.25, 0.3) is 0 Å². The fourth-order valence-electron chi connectivity index (χ4n) is 3.78. The van der Waals surface area contributed by atoms with Crippen LogP contribution < -0.4 is 10.2 Å². The molecule has 6 nitrogen and oxygen atoms in total. The van der Waals surface area contributed by atoms with Crippen LogP contribution in [0.1, 0.15) is 25.7 Å². The third-order valence-corrected chi connectivity index (χ3v) is 5.08. The Hall–Kier alpha value is -2.08. The number of benzene rings is 1. The molecule has 2 aliphatic heterocycles. The molecule has 1 atom stereocenters. The second kappa shape index (κ2) is 7.87. The van der Waals surface area contributed by atoms with Crippen LogP contribution in [0.4, 0.5) is 16.2 Å². The second-order valence-corrected chi connectivity index (χ2v) is 7.28. The number of hydrogen-bond acceptors (Lipinski definition) is 3. The first kappa shape index (κ1) is 17.7. The van der Waals surface area contributed by atoms with Gasteiger partial charge in [0, 0.05) is 44.5 Å². The van der Waals surface area contributed by atoms with Crippen molar-refractivity contribution in [1.82, 2.24) is 9.80 Å². The number of urea groups is 1. The molecule has 0 spiro atoms. The van der Waals surface area contributed by atoms with E-state index < -0.39 is 0 Å². The van der Waals surface area contributed by atoms with E-state index in [1.807, 2.05) is 31.3 Å². The van der Waals surface area contributed by atoms with E-state index in [-0.39, 0.29) is 11.9 Å². The highest BCUT2D eigenvalue weighted by Gasteiger charge is 2.23. The van der Waals surface area contributed by atoms with Crippen molar-refractivity contribution in [2.24, 2.45) is 5.92 Å². The Morgan fingerprint density at radius 2 is 2.16 bits per heavy atom. The van der Waals surface area contributed by atoms with Gasteiger partial charge in [0.1, 0.15) is 0 Å². The summed E-state index contributed by atoms with van der Waals surface area (Å²) < 4.78 is 0. The molecule has 0 unspecified atom stereocenters. The van der Waals surface area contributed by atoms with Gasteiger partial charge >= 0.3 is 6.03 Å². The van der Waals surface area contributed by atoms with Crippen LogP contribution in [-0.4, -0.2) is 62.0 Å². The van der Waals surface area contributed by atoms with Crippen LogP contribution in [0.2, 0.25) is 0 Å². The van der Waals surface area contributed by atoms with Crippen molar-refractivity contribution in [3.8, 4) is 0 Å². The average Bonchev–Trinajstić information content (AvgIpc) is 3.01. The quantitative estimate of drug-likeness (QED) is 0.913. The standard InChI is InChI=1S/C19H28N4O2/c1-21-10-4-6-15(13-21)14-22(2)19(25)20-16-7-3-8-17(12-16)23-11-5-9-18(23)24/h3,7-8,12,15H,4-6,9-11,13-14H2,1-2H3,(H,20,25)/t15-/m1/s1. The predicted molar refractivity (Wildman–Crippen MR) is 99.9 cm³/mol. The van der Waals surface area contributed by atoms with Crippen molar-refractivity contribution >= 4 is 23.3 Å². The van der Waals surface area contributed by atoms with Gasteiger partial charge < -0.3 is 20.0 Å². The van der Waals surface area contributed by atoms with E-state index in [0.717, 1.165) is 44.0 Å². The van der Waals surface area contributed by atoms with Crippen LogP contribution in [0.5, 0.6) is 0 Å². The van der Waals surface area contributed by atoms with Crippen molar-refractivity contribution in [2.45, 2.75) is 25.7 Å². The Balaban J connectivity index is 1.57. The van der Waals surface area contributed by atoms with Crippen LogP contribution >= 0.6 is 0 Å². The van der Waals surface area contributed by atoms with Crippen LogP contribution in [0, 0.1) is 5.92 Å². The van der Waals surface area contributed by atoms with E-state index in [9.17, 15) is 9.59 Å². The van der Waals surface area contributed by atoms with Crippen molar-refractivity contribution < 1.29 is 9.59 Å². The second-order valence-electron chi connectivity index (χ2n) is 7.28. The molecule has 136 valence electrons. The number of hydrogen-bond donors (Lipinski definition) is 1. The van der Waals surface area contributed by atoms with Gasteiger partial charge in [-0.15, -0.1) is 0 Å². The first-order chi connectivity index (χ1) is 12.0. The molecule has 0 bridgehead atoms. The van der Waals surface area contributed by atoms with Crippen molar-refractivity contribution in [1.29, 1.82) is 0 Å². The van der Waals surface area contributed by atoms with Gasteiger partial charge in [0.2, 0.25) is 5.91 Å². The number of rotatable bonds is 4. The van der Waals surface area contributed by atoms with E-state index in [1.165, 1.54) is 12.8 Å². The summed E-state index contributed by atoms with van der Waals surface area (Å²) >= 11 is 0. The minimum Gasteiger partial charge on any atom is -0.327 e. The number of amides is 3. The lowest BCUT2D eigenvalue weighted by atomic mass is 9.98. The first-order valence-corrected chi connectivity index (χ1v) is 9.14. The summed E-state index contributed by atoms with van der Waals surface area (Å²) in [5, 5.41) is 2.96. The number of carbonyl (C=O) groups excluding carboxylic acids is 2. The Morgan fingerprint density at radius 3 is 2.88 bits per heavy atom. The minimum atomic E-state index is -0.0990. The fourth-order valence-corrected chi connectivity index (χ4v) is 3.78. The smallest absolute Gasteiger partial charge is 0.321 e. The monoisotopic (exact) mass is 344 g/mol. The van der Waals surface area contributed by atoms with Gasteiger partial charge in [-0.25, -0.2) is 4.79 Å². The van der Waals surface area contributed by atoms with Crippen molar-refractivity contribution in [3.05, 3.63) is 24.3 Å². The lowest BCUT2D eigenvalue weighted by Crippen LogP contribution is -2.41. The van der Waals surface area contributed by atoms with Gasteiger partial charge in [-0.2, -0.15) is 0 Å². The third kappa shape index (κ3) is 4.51. The van der Waals surface area contributed by atoms with Gasteiger partial charge in [0.25, 0.3) is 0 Å². The highest BCUT2D eigenvalue weighted by molar-refractivity contribution is 5.96. The third-order valence-electron chi connectivity index (χ3n) is 5.08. The molecule has 0 aliphatic carbocycles. The topological polar surface area (TPSA) is 55.9 Å². The SMILES string of the molecule is CN1CCC[C@@H](CN(C)C(=O)Nc2cccc(N3CCCC3=O)c2)C1. The Morgan fingerprint density at radius 1 is 1.32 bits per heavy atom. The molecule has 1 aromatic rings. The molecular weight excluding hydrogens is 316 g/mol. The molecule has 3 rings (SSSR count). The van der Waals surface area contributed by atoms with Gasteiger partial charge in [-0.05, 0) is 57.0 Å². The number of nitrogens with one attached hydrogen (secondary N) is 1. The molecule has 0 radical (unpaired) electrons. The maximum atomic E-state index is 12.5. The van der Waals surface area contributed by atoms with E-state index in [4.69, 9.17) is 0 Å². The van der Waals surface area contributed by atoms with E-state index in [0.29, 0.717) is 12.3 Å². The number of piperidine rings is 1. The molecule has 0 aromatic heterocycles. The zero-order valence-electron chi connectivity index (χ0n) is 15.2. The van der Waals surface area contributed by atoms with Crippen LogP contribution in [0.3, 0.4) is 0 Å². The molecule has 2 saturated heterocycles. The maximum Gasteiger partial charge on any atom is 0.321 e. The Labute approximate surface area is 149 Å². The largest absolute Gasteiger partial charge is 0.327 e. The molecule has 1 aromatic carbocycles. The molecule has 0 saturated carbocycles. The zero-order chi connectivity index (χ0) is 17.8. The zero-order valence-corrected chi connectivity index (χ0v) is 15.2. The summed E-state index contributed by atoms with van der Waals surface area (Å²) in [6.45, 7) is 3.71. The molecule has 3 amide bonds. The number of nitrogens with zero attached hydrogens (tertiary/aromatic N) is 3. The number of carbonyl (C=O) groups is 2. The van der Waals surface area contributed by atoms with Crippen molar-refractivity contribution in [3.63, 3.8) is 0 Å². The molecule has 2 aliphatic rings. The average molecular weight is 344 g/mol. The summed E-state index contributed by atoms with van der Waals surface area (Å²) in [5.74, 6) is 0.685. The molecule has 25 heavy (non-hydrogen) atoms. The highest BCUT2D eigenvalue weighted by atomic mass is 16.2. The van der Waals surface area contributed by atoms with Gasteiger partial charge in [-0.1, -0.05) is 6.07 Å². The summed E-state index contributed by atoms with van der Waals surface area (Å²) in [5.41, 5.74) is 1.59. The summed E-state index contributed by atoms with van der Waals surface area (Å²) in [4.78, 5) is 30.3. The summed E-state index contributed by atoms with van der Waals surface area (Å²) in [6.07, 6.45) is 3.88. The van der Waals surface area contributed by atoms with Crippen molar-refractivity contribution in [2.75, 3.05) is 50.5 Å². The van der Waals surface area contributed by atoms with Gasteiger partial charge in [-0.3, -0.25) is 4.79 Å². The van der Waals surface area contributed by atoms with Crippen LogP contribution in [-0.2, 0) is 4.79 Å². The fraction of sp³-hybridized carbons (Fsp3) is 0.579. The van der Waals surface area contributed by atoms with Gasteiger partial charge in [0.05, 0.1) is 0 Å². The molecular formula is C19H28N4O2. The normalized spacial score (nSPS) is 21.4. The molecule has 6 heteroatoms. The lowest BCUT2D eigenvalue weighted by molar-refractivity contribution is -0.117. The number of anilines is 2. The highest BCUT2D eigenvalue weighted by Crippen LogP contribution is 2.24. The Kier molecular flexibility index (Phi) is 5.58. The van der Waals surface area contributed by atoms with E-state index in [2.05, 4.69) is 17.3 Å². The molecule has 2 heterocycles. The summed E-state index contributed by atoms with van der Waals surface area (Å²) in [7, 11) is 3.98. The Bertz CT molecular complexity index is 634. The lowest BCUT2D eigenvalue weighted by Gasteiger charge is -2.32. The summed E-state index contributed by atoms with van der Waals surface area (Å²) in [6, 6.07) is 7.44. The first-order valence-electron chi connectivity index (χ1n) is 9.14. The van der Waals surface area contributed by atoms with E-state index >= 15 is 0 Å². The van der Waals surface area contributed by atoms with E-state index in [1.54, 1.807) is 9.80 Å². The minimum absolute atomic E-state index is 0.0990.